The number of likely N-dealkylation sites (tertiary alicyclic amines) is 1. The molecule has 3 rings (SSSR count). The van der Waals surface area contributed by atoms with Crippen LogP contribution in [0.4, 0.5) is 4.79 Å². The van der Waals surface area contributed by atoms with E-state index >= 15 is 0 Å². The highest BCUT2D eigenvalue weighted by Gasteiger charge is 2.58. The number of carbonyl (C=O) groups is 3. The third-order valence-corrected chi connectivity index (χ3v) is 5.83. The van der Waals surface area contributed by atoms with Crippen LogP contribution >= 0.6 is 11.6 Å². The molecule has 2 atom stereocenters. The molecule has 1 spiro atoms. The number of nitrogens with zero attached hydrogens (tertiary/aromatic N) is 3. The summed E-state index contributed by atoms with van der Waals surface area (Å²) in [7, 11) is 0. The molecule has 27 heavy (non-hydrogen) atoms. The summed E-state index contributed by atoms with van der Waals surface area (Å²) < 4.78 is 0. The number of rotatable bonds is 3. The molecule has 2 aliphatic rings. The van der Waals surface area contributed by atoms with E-state index in [4.69, 9.17) is 11.6 Å². The third-order valence-electron chi connectivity index (χ3n) is 5.58. The lowest BCUT2D eigenvalue weighted by molar-refractivity contribution is -0.169. The minimum absolute atomic E-state index is 0.00323. The quantitative estimate of drug-likeness (QED) is 0.855. The molecule has 7 nitrogen and oxygen atoms in total. The number of carboxylic acid groups (broad SMARTS) is 1. The average molecular weight is 394 g/mol. The first-order valence-corrected chi connectivity index (χ1v) is 9.42. The molecule has 1 N–H and O–H groups in total. The number of benzene rings is 1. The SMILES string of the molecule is CC(C)N1CC(=O)N([C@@H](C)c2ccc(Cl)cc2)C2(CCN(C(=O)O)C2)C1=O. The van der Waals surface area contributed by atoms with E-state index in [0.29, 0.717) is 11.4 Å². The van der Waals surface area contributed by atoms with Crippen LogP contribution in [0.2, 0.25) is 5.02 Å². The Balaban J connectivity index is 2.04. The van der Waals surface area contributed by atoms with Crippen molar-refractivity contribution in [2.75, 3.05) is 19.6 Å². The van der Waals surface area contributed by atoms with Crippen LogP contribution in [-0.4, -0.2) is 68.9 Å². The van der Waals surface area contributed by atoms with E-state index in [1.54, 1.807) is 21.9 Å². The second-order valence-electron chi connectivity index (χ2n) is 7.50. The molecule has 2 fully saturated rings. The molecule has 2 heterocycles. The molecule has 0 saturated carbocycles. The third kappa shape index (κ3) is 3.25. The summed E-state index contributed by atoms with van der Waals surface area (Å²) in [4.78, 5) is 42.4. The topological polar surface area (TPSA) is 81.2 Å². The molecule has 0 aromatic heterocycles. The van der Waals surface area contributed by atoms with Crippen LogP contribution in [0.5, 0.6) is 0 Å². The fourth-order valence-electron chi connectivity index (χ4n) is 4.13. The molecule has 1 aromatic rings. The molecule has 146 valence electrons. The van der Waals surface area contributed by atoms with Crippen molar-refractivity contribution in [1.29, 1.82) is 0 Å². The van der Waals surface area contributed by atoms with Crippen molar-refractivity contribution in [2.45, 2.75) is 44.8 Å². The lowest BCUT2D eigenvalue weighted by atomic mass is 9.87. The van der Waals surface area contributed by atoms with Gasteiger partial charge in [0, 0.05) is 17.6 Å². The summed E-state index contributed by atoms with van der Waals surface area (Å²) in [5.41, 5.74) is -0.316. The fourth-order valence-corrected chi connectivity index (χ4v) is 4.25. The molecule has 1 unspecified atom stereocenters. The second kappa shape index (κ2) is 7.03. The Morgan fingerprint density at radius 2 is 1.81 bits per heavy atom. The summed E-state index contributed by atoms with van der Waals surface area (Å²) in [5, 5.41) is 10.00. The molecule has 8 heteroatoms. The predicted molar refractivity (Wildman–Crippen MR) is 101 cm³/mol. The number of amides is 3. The van der Waals surface area contributed by atoms with Crippen LogP contribution < -0.4 is 0 Å². The predicted octanol–water partition coefficient (Wildman–Crippen LogP) is 2.60. The molecule has 3 amide bonds. The molecule has 0 aliphatic carbocycles. The zero-order valence-electron chi connectivity index (χ0n) is 15.7. The highest BCUT2D eigenvalue weighted by atomic mass is 35.5. The van der Waals surface area contributed by atoms with Crippen molar-refractivity contribution in [3.63, 3.8) is 0 Å². The minimum atomic E-state index is -1.17. The Morgan fingerprint density at radius 1 is 1.19 bits per heavy atom. The fraction of sp³-hybridized carbons (Fsp3) is 0.526. The van der Waals surface area contributed by atoms with Gasteiger partial charge in [0.25, 0.3) is 5.91 Å². The summed E-state index contributed by atoms with van der Waals surface area (Å²) in [6.07, 6.45) is -0.779. The van der Waals surface area contributed by atoms with Crippen LogP contribution in [0.3, 0.4) is 0 Å². The largest absolute Gasteiger partial charge is 0.465 e. The summed E-state index contributed by atoms with van der Waals surface area (Å²) in [6, 6.07) is 6.64. The average Bonchev–Trinajstić information content (AvgIpc) is 3.04. The summed E-state index contributed by atoms with van der Waals surface area (Å²) in [6.45, 7) is 5.81. The van der Waals surface area contributed by atoms with E-state index in [2.05, 4.69) is 0 Å². The van der Waals surface area contributed by atoms with Gasteiger partial charge in [-0.25, -0.2) is 4.79 Å². The smallest absolute Gasteiger partial charge is 0.407 e. The van der Waals surface area contributed by atoms with Crippen molar-refractivity contribution in [3.05, 3.63) is 34.9 Å². The number of carbonyl (C=O) groups excluding carboxylic acids is 2. The molecule has 2 saturated heterocycles. The van der Waals surface area contributed by atoms with Crippen molar-refractivity contribution in [2.24, 2.45) is 0 Å². The highest BCUT2D eigenvalue weighted by molar-refractivity contribution is 6.30. The van der Waals surface area contributed by atoms with Crippen molar-refractivity contribution >= 4 is 29.5 Å². The minimum Gasteiger partial charge on any atom is -0.465 e. The Kier molecular flexibility index (Phi) is 5.08. The van der Waals surface area contributed by atoms with Gasteiger partial charge in [-0.3, -0.25) is 9.59 Å². The Labute approximate surface area is 163 Å². The maximum atomic E-state index is 13.4. The van der Waals surface area contributed by atoms with Gasteiger partial charge in [-0.2, -0.15) is 0 Å². The zero-order valence-corrected chi connectivity index (χ0v) is 16.4. The van der Waals surface area contributed by atoms with Crippen LogP contribution in [0.25, 0.3) is 0 Å². The van der Waals surface area contributed by atoms with Gasteiger partial charge in [-0.15, -0.1) is 0 Å². The Morgan fingerprint density at radius 3 is 2.33 bits per heavy atom. The van der Waals surface area contributed by atoms with E-state index < -0.39 is 11.6 Å². The Hall–Kier alpha value is -2.28. The first-order valence-electron chi connectivity index (χ1n) is 9.04. The van der Waals surface area contributed by atoms with Crippen molar-refractivity contribution in [3.8, 4) is 0 Å². The maximum absolute atomic E-state index is 13.4. The number of hydrogen-bond donors (Lipinski definition) is 1. The van der Waals surface area contributed by atoms with Crippen LogP contribution in [0.15, 0.2) is 24.3 Å². The van der Waals surface area contributed by atoms with Crippen LogP contribution in [0, 0.1) is 0 Å². The Bertz CT molecular complexity index is 767. The lowest BCUT2D eigenvalue weighted by Gasteiger charge is -2.50. The highest BCUT2D eigenvalue weighted by Crippen LogP contribution is 2.40. The van der Waals surface area contributed by atoms with Gasteiger partial charge >= 0.3 is 6.09 Å². The van der Waals surface area contributed by atoms with Gasteiger partial charge in [0.2, 0.25) is 5.91 Å². The molecule has 0 radical (unpaired) electrons. The van der Waals surface area contributed by atoms with Crippen molar-refractivity contribution in [1.82, 2.24) is 14.7 Å². The second-order valence-corrected chi connectivity index (χ2v) is 7.94. The molecular weight excluding hydrogens is 370 g/mol. The van der Waals surface area contributed by atoms with Gasteiger partial charge in [-0.1, -0.05) is 23.7 Å². The van der Waals surface area contributed by atoms with E-state index in [1.165, 1.54) is 4.90 Å². The number of halogens is 1. The van der Waals surface area contributed by atoms with Gasteiger partial charge < -0.3 is 19.8 Å². The van der Waals surface area contributed by atoms with E-state index in [0.717, 1.165) is 5.56 Å². The van der Waals surface area contributed by atoms with Gasteiger partial charge in [0.15, 0.2) is 0 Å². The van der Waals surface area contributed by atoms with E-state index in [9.17, 15) is 19.5 Å². The zero-order chi connectivity index (χ0) is 19.9. The van der Waals surface area contributed by atoms with Crippen LogP contribution in [0.1, 0.15) is 38.8 Å². The normalized spacial score (nSPS) is 24.3. The monoisotopic (exact) mass is 393 g/mol. The summed E-state index contributed by atoms with van der Waals surface area (Å²) in [5.74, 6) is -0.348. The van der Waals surface area contributed by atoms with Gasteiger partial charge in [0.05, 0.1) is 12.6 Å². The molecule has 1 aromatic carbocycles. The van der Waals surface area contributed by atoms with E-state index in [-0.39, 0.29) is 43.5 Å². The number of piperazine rings is 1. The maximum Gasteiger partial charge on any atom is 0.407 e. The first-order chi connectivity index (χ1) is 12.7. The lowest BCUT2D eigenvalue weighted by Crippen LogP contribution is -2.70. The molecule has 0 bridgehead atoms. The summed E-state index contributed by atoms with van der Waals surface area (Å²) >= 11 is 5.97. The van der Waals surface area contributed by atoms with Gasteiger partial charge in [0.1, 0.15) is 12.1 Å². The standard InChI is InChI=1S/C19H24ClN3O4/c1-12(2)22-10-16(24)23(13(3)14-4-6-15(20)7-5-14)19(17(22)25)8-9-21(11-19)18(26)27/h4-7,12-13H,8-11H2,1-3H3,(H,26,27)/t13-,19?/m0/s1. The number of hydrogen-bond acceptors (Lipinski definition) is 3. The van der Waals surface area contributed by atoms with E-state index in [1.807, 2.05) is 32.9 Å². The van der Waals surface area contributed by atoms with Gasteiger partial charge in [-0.05, 0) is 44.9 Å². The first kappa shape index (κ1) is 19.5. The van der Waals surface area contributed by atoms with Crippen LogP contribution in [-0.2, 0) is 9.59 Å². The molecular formula is C19H24ClN3O4. The molecule has 2 aliphatic heterocycles. The van der Waals surface area contributed by atoms with Crippen molar-refractivity contribution < 1.29 is 19.5 Å².